The van der Waals surface area contributed by atoms with Crippen molar-refractivity contribution in [1.29, 1.82) is 0 Å². The highest BCUT2D eigenvalue weighted by molar-refractivity contribution is 7.89. The Bertz CT molecular complexity index is 571. The quantitative estimate of drug-likeness (QED) is 0.603. The molecule has 1 aromatic carbocycles. The third kappa shape index (κ3) is 3.17. The summed E-state index contributed by atoms with van der Waals surface area (Å²) in [4.78, 5) is 10.2. The van der Waals surface area contributed by atoms with E-state index in [1.807, 2.05) is 4.72 Å². The third-order valence-corrected chi connectivity index (χ3v) is 3.57. The highest BCUT2D eigenvalue weighted by Gasteiger charge is 2.22. The molecule has 0 saturated heterocycles. The largest absolute Gasteiger partial charge is 0.468 e. The summed E-state index contributed by atoms with van der Waals surface area (Å²) < 4.78 is 43.4. The Morgan fingerprint density at radius 1 is 1.50 bits per heavy atom. The van der Waals surface area contributed by atoms with Crippen LogP contribution in [0.2, 0.25) is 0 Å². The lowest BCUT2D eigenvalue weighted by Crippen LogP contribution is -2.31. The number of hydrogen-bond acceptors (Lipinski definition) is 5. The van der Waals surface area contributed by atoms with Crippen molar-refractivity contribution in [2.75, 3.05) is 19.4 Å². The average molecular weight is 276 g/mol. The van der Waals surface area contributed by atoms with Gasteiger partial charge in [0.2, 0.25) is 10.0 Å². The van der Waals surface area contributed by atoms with Gasteiger partial charge in [-0.25, -0.2) is 12.8 Å². The topological polar surface area (TPSA) is 98.5 Å². The molecule has 8 heteroatoms. The second kappa shape index (κ2) is 5.32. The van der Waals surface area contributed by atoms with Crippen molar-refractivity contribution in [3.8, 4) is 0 Å². The van der Waals surface area contributed by atoms with Crippen LogP contribution in [0.25, 0.3) is 0 Å². The van der Waals surface area contributed by atoms with Crippen LogP contribution in [-0.4, -0.2) is 28.0 Å². The number of ether oxygens (including phenoxy) is 1. The molecule has 1 rings (SSSR count). The molecule has 18 heavy (non-hydrogen) atoms. The van der Waals surface area contributed by atoms with Crippen molar-refractivity contribution in [3.63, 3.8) is 0 Å². The van der Waals surface area contributed by atoms with Crippen molar-refractivity contribution in [3.05, 3.63) is 23.5 Å². The van der Waals surface area contributed by atoms with E-state index in [1.165, 1.54) is 13.0 Å². The van der Waals surface area contributed by atoms with E-state index in [-0.39, 0.29) is 11.3 Å². The monoisotopic (exact) mass is 276 g/mol. The molecule has 0 bridgehead atoms. The van der Waals surface area contributed by atoms with Gasteiger partial charge in [0, 0.05) is 5.69 Å². The van der Waals surface area contributed by atoms with Crippen LogP contribution in [0, 0.1) is 12.7 Å². The van der Waals surface area contributed by atoms with E-state index >= 15 is 0 Å². The Balaban J connectivity index is 3.09. The second-order valence-electron chi connectivity index (χ2n) is 3.55. The Hall–Kier alpha value is -1.67. The van der Waals surface area contributed by atoms with Crippen LogP contribution in [0.5, 0.6) is 0 Å². The molecule has 3 N–H and O–H groups in total. The molecule has 0 aliphatic carbocycles. The number of benzene rings is 1. The Morgan fingerprint density at radius 3 is 2.67 bits per heavy atom. The van der Waals surface area contributed by atoms with Crippen LogP contribution in [0.1, 0.15) is 5.56 Å². The van der Waals surface area contributed by atoms with Gasteiger partial charge < -0.3 is 10.5 Å². The third-order valence-electron chi connectivity index (χ3n) is 2.17. The van der Waals surface area contributed by atoms with Gasteiger partial charge in [-0.3, -0.25) is 4.79 Å². The van der Waals surface area contributed by atoms with E-state index in [0.717, 1.165) is 13.2 Å². The Morgan fingerprint density at radius 2 is 2.11 bits per heavy atom. The van der Waals surface area contributed by atoms with Gasteiger partial charge in [-0.05, 0) is 24.6 Å². The van der Waals surface area contributed by atoms with E-state index < -0.39 is 33.3 Å². The van der Waals surface area contributed by atoms with Crippen LogP contribution < -0.4 is 10.5 Å². The molecule has 0 atom stereocenters. The van der Waals surface area contributed by atoms with Gasteiger partial charge >= 0.3 is 5.97 Å². The SMILES string of the molecule is COC(=O)CNS(=O)(=O)c1cc(N)cc(C)c1F. The minimum Gasteiger partial charge on any atom is -0.468 e. The van der Waals surface area contributed by atoms with Gasteiger partial charge in [-0.15, -0.1) is 0 Å². The molecule has 1 aromatic rings. The number of sulfonamides is 1. The molecule has 0 amide bonds. The molecule has 0 spiro atoms. The van der Waals surface area contributed by atoms with Crippen LogP contribution in [0.15, 0.2) is 17.0 Å². The summed E-state index contributed by atoms with van der Waals surface area (Å²) in [7, 11) is -3.03. The summed E-state index contributed by atoms with van der Waals surface area (Å²) in [5.74, 6) is -1.68. The summed E-state index contributed by atoms with van der Waals surface area (Å²) in [5.41, 5.74) is 5.68. The summed E-state index contributed by atoms with van der Waals surface area (Å²) >= 11 is 0. The molecule has 0 heterocycles. The van der Waals surface area contributed by atoms with Crippen molar-refractivity contribution >= 4 is 21.7 Å². The number of carbonyl (C=O) groups excluding carboxylic acids is 1. The number of nitrogen functional groups attached to an aromatic ring is 1. The van der Waals surface area contributed by atoms with Crippen LogP contribution >= 0.6 is 0 Å². The number of hydrogen-bond donors (Lipinski definition) is 2. The van der Waals surface area contributed by atoms with Crippen LogP contribution in [-0.2, 0) is 19.6 Å². The molecule has 100 valence electrons. The maximum absolute atomic E-state index is 13.7. The molecule has 0 unspecified atom stereocenters. The normalized spacial score (nSPS) is 11.3. The molecule has 0 radical (unpaired) electrons. The standard InChI is InChI=1S/C10H13FN2O4S/c1-6-3-7(12)4-8(10(6)11)18(15,16)13-5-9(14)17-2/h3-4,13H,5,12H2,1-2H3. The average Bonchev–Trinajstić information content (AvgIpc) is 2.30. The highest BCUT2D eigenvalue weighted by Crippen LogP contribution is 2.21. The summed E-state index contributed by atoms with van der Waals surface area (Å²) in [6, 6.07) is 2.30. The van der Waals surface area contributed by atoms with Crippen LogP contribution in [0.3, 0.4) is 0 Å². The van der Waals surface area contributed by atoms with Gasteiger partial charge in [-0.2, -0.15) is 4.72 Å². The van der Waals surface area contributed by atoms with Gasteiger partial charge in [0.1, 0.15) is 17.3 Å². The highest BCUT2D eigenvalue weighted by atomic mass is 32.2. The number of methoxy groups -OCH3 is 1. The maximum atomic E-state index is 13.7. The van der Waals surface area contributed by atoms with Crippen molar-refractivity contribution < 1.29 is 22.3 Å². The van der Waals surface area contributed by atoms with Gasteiger partial charge in [0.25, 0.3) is 0 Å². The first kappa shape index (κ1) is 14.4. The molecule has 0 aliphatic rings. The predicted octanol–water partition coefficient (Wildman–Crippen LogP) is 0.168. The number of carbonyl (C=O) groups is 1. The second-order valence-corrected chi connectivity index (χ2v) is 5.29. The zero-order valence-electron chi connectivity index (χ0n) is 9.86. The number of anilines is 1. The van der Waals surface area contributed by atoms with E-state index in [0.29, 0.717) is 0 Å². The fourth-order valence-electron chi connectivity index (χ4n) is 1.26. The molecular weight excluding hydrogens is 263 g/mol. The molecule has 0 aliphatic heterocycles. The fourth-order valence-corrected chi connectivity index (χ4v) is 2.42. The molecular formula is C10H13FN2O4S. The predicted molar refractivity (Wildman–Crippen MR) is 62.8 cm³/mol. The zero-order valence-corrected chi connectivity index (χ0v) is 10.7. The summed E-state index contributed by atoms with van der Waals surface area (Å²) in [6.45, 7) is 0.817. The van der Waals surface area contributed by atoms with Gasteiger partial charge in [0.15, 0.2) is 0 Å². The smallest absolute Gasteiger partial charge is 0.320 e. The number of esters is 1. The van der Waals surface area contributed by atoms with Gasteiger partial charge in [0.05, 0.1) is 7.11 Å². The number of nitrogens with one attached hydrogen (secondary N) is 1. The maximum Gasteiger partial charge on any atom is 0.320 e. The van der Waals surface area contributed by atoms with E-state index in [1.54, 1.807) is 0 Å². The first-order chi connectivity index (χ1) is 8.27. The zero-order chi connectivity index (χ0) is 13.9. The lowest BCUT2D eigenvalue weighted by Gasteiger charge is -2.09. The molecule has 6 nitrogen and oxygen atoms in total. The lowest BCUT2D eigenvalue weighted by molar-refractivity contribution is -0.139. The summed E-state index contributed by atoms with van der Waals surface area (Å²) in [6.07, 6.45) is 0. The lowest BCUT2D eigenvalue weighted by atomic mass is 10.2. The fraction of sp³-hybridized carbons (Fsp3) is 0.300. The minimum atomic E-state index is -4.15. The minimum absolute atomic E-state index is 0.105. The number of halogens is 1. The number of aryl methyl sites for hydroxylation is 1. The van der Waals surface area contributed by atoms with Crippen molar-refractivity contribution in [2.45, 2.75) is 11.8 Å². The first-order valence-electron chi connectivity index (χ1n) is 4.90. The molecule has 0 fully saturated rings. The number of rotatable bonds is 4. The Kier molecular flexibility index (Phi) is 4.25. The molecule has 0 saturated carbocycles. The van der Waals surface area contributed by atoms with E-state index in [2.05, 4.69) is 4.74 Å². The van der Waals surface area contributed by atoms with Crippen molar-refractivity contribution in [1.82, 2.24) is 4.72 Å². The van der Waals surface area contributed by atoms with E-state index in [4.69, 9.17) is 5.73 Å². The molecule has 0 aromatic heterocycles. The summed E-state index contributed by atoms with van der Waals surface area (Å²) in [5, 5.41) is 0. The van der Waals surface area contributed by atoms with Gasteiger partial charge in [-0.1, -0.05) is 0 Å². The van der Waals surface area contributed by atoms with Crippen molar-refractivity contribution in [2.24, 2.45) is 0 Å². The Labute approximate surface area is 104 Å². The van der Waals surface area contributed by atoms with E-state index in [9.17, 15) is 17.6 Å². The van der Waals surface area contributed by atoms with Crippen LogP contribution in [0.4, 0.5) is 10.1 Å². The first-order valence-corrected chi connectivity index (χ1v) is 6.38. The number of nitrogens with two attached hydrogens (primary N) is 1.